The van der Waals surface area contributed by atoms with Crippen LogP contribution in [0.5, 0.6) is 0 Å². The number of nitrogens with one attached hydrogen (secondary N) is 1. The molecular formula is C11H15NOS. The molecule has 1 rings (SSSR count). The van der Waals surface area contributed by atoms with Crippen LogP contribution < -0.4 is 5.32 Å². The lowest BCUT2D eigenvalue weighted by Gasteiger charge is -1.90. The van der Waals surface area contributed by atoms with Crippen molar-refractivity contribution in [2.24, 2.45) is 0 Å². The molecule has 3 heteroatoms. The van der Waals surface area contributed by atoms with E-state index in [1.54, 1.807) is 18.3 Å². The van der Waals surface area contributed by atoms with Crippen LogP contribution in [-0.2, 0) is 0 Å². The second-order valence-electron chi connectivity index (χ2n) is 3.05. The first-order chi connectivity index (χ1) is 6.74. The van der Waals surface area contributed by atoms with Gasteiger partial charge in [0, 0.05) is 4.88 Å². The molecule has 14 heavy (non-hydrogen) atoms. The summed E-state index contributed by atoms with van der Waals surface area (Å²) in [5.74, 6) is 0.143. The van der Waals surface area contributed by atoms with Crippen LogP contribution in [0.1, 0.15) is 27.9 Å². The highest BCUT2D eigenvalue weighted by Gasteiger charge is 2.01. The van der Waals surface area contributed by atoms with Gasteiger partial charge in [0.1, 0.15) is 0 Å². The zero-order chi connectivity index (χ0) is 10.4. The van der Waals surface area contributed by atoms with Gasteiger partial charge >= 0.3 is 0 Å². The Balaban J connectivity index is 2.51. The number of ketones is 1. The van der Waals surface area contributed by atoms with Gasteiger partial charge in [-0.3, -0.25) is 4.79 Å². The molecule has 0 aliphatic rings. The van der Waals surface area contributed by atoms with Gasteiger partial charge in [-0.15, -0.1) is 11.3 Å². The predicted molar refractivity (Wildman–Crippen MR) is 61.9 cm³/mol. The largest absolute Gasteiger partial charge is 0.319 e. The minimum atomic E-state index is 0.143. The molecule has 0 spiro atoms. The third-order valence-corrected chi connectivity index (χ3v) is 2.97. The van der Waals surface area contributed by atoms with Gasteiger partial charge in [-0.25, -0.2) is 0 Å². The minimum Gasteiger partial charge on any atom is -0.319 e. The zero-order valence-electron chi connectivity index (χ0n) is 8.54. The van der Waals surface area contributed by atoms with Gasteiger partial charge in [0.05, 0.1) is 4.88 Å². The molecule has 0 radical (unpaired) electrons. The highest BCUT2D eigenvalue weighted by Crippen LogP contribution is 2.18. The van der Waals surface area contributed by atoms with Crippen molar-refractivity contribution >= 4 is 23.2 Å². The first-order valence-electron chi connectivity index (χ1n) is 4.66. The molecule has 0 aromatic carbocycles. The molecule has 0 fully saturated rings. The fraction of sp³-hybridized carbons (Fsp3) is 0.364. The van der Waals surface area contributed by atoms with Gasteiger partial charge in [-0.2, -0.15) is 0 Å². The Hall–Kier alpha value is -0.930. The lowest BCUT2D eigenvalue weighted by Crippen LogP contribution is -2.05. The Morgan fingerprint density at radius 1 is 1.57 bits per heavy atom. The summed E-state index contributed by atoms with van der Waals surface area (Å²) in [5.41, 5.74) is 0. The molecule has 76 valence electrons. The summed E-state index contributed by atoms with van der Waals surface area (Å²) in [6.45, 7) is 2.59. The third-order valence-electron chi connectivity index (χ3n) is 1.82. The molecule has 0 saturated carbocycles. The summed E-state index contributed by atoms with van der Waals surface area (Å²) in [6.07, 6.45) is 5.20. The van der Waals surface area contributed by atoms with Crippen LogP contribution in [0.2, 0.25) is 0 Å². The molecule has 1 aromatic rings. The van der Waals surface area contributed by atoms with Crippen molar-refractivity contribution in [2.75, 3.05) is 13.6 Å². The van der Waals surface area contributed by atoms with Crippen LogP contribution in [0.25, 0.3) is 6.08 Å². The van der Waals surface area contributed by atoms with Crippen molar-refractivity contribution < 1.29 is 4.79 Å². The average molecular weight is 209 g/mol. The molecule has 1 N–H and O–H groups in total. The SMILES string of the molecule is CNCCC=Cc1ccc(C(C)=O)s1. The number of hydrogen-bond acceptors (Lipinski definition) is 3. The molecule has 0 unspecified atom stereocenters. The first kappa shape index (κ1) is 11.1. The van der Waals surface area contributed by atoms with Crippen molar-refractivity contribution in [3.63, 3.8) is 0 Å². The number of hydrogen-bond donors (Lipinski definition) is 1. The Labute approximate surface area is 88.6 Å². The average Bonchev–Trinajstić information content (AvgIpc) is 2.61. The van der Waals surface area contributed by atoms with Crippen molar-refractivity contribution in [3.05, 3.63) is 28.0 Å². The van der Waals surface area contributed by atoms with Crippen molar-refractivity contribution in [2.45, 2.75) is 13.3 Å². The summed E-state index contributed by atoms with van der Waals surface area (Å²) in [4.78, 5) is 13.0. The van der Waals surface area contributed by atoms with Gasteiger partial charge in [-0.05, 0) is 45.1 Å². The van der Waals surface area contributed by atoms with Crippen LogP contribution in [0.4, 0.5) is 0 Å². The first-order valence-corrected chi connectivity index (χ1v) is 5.47. The lowest BCUT2D eigenvalue weighted by atomic mass is 10.3. The Bertz CT molecular complexity index is 328. The molecule has 0 aliphatic carbocycles. The van der Waals surface area contributed by atoms with E-state index >= 15 is 0 Å². The number of carbonyl (C=O) groups is 1. The molecule has 0 atom stereocenters. The van der Waals surface area contributed by atoms with E-state index in [1.165, 1.54) is 0 Å². The second kappa shape index (κ2) is 5.73. The maximum Gasteiger partial charge on any atom is 0.169 e. The van der Waals surface area contributed by atoms with Gasteiger partial charge in [0.25, 0.3) is 0 Å². The molecule has 0 saturated heterocycles. The molecule has 0 bridgehead atoms. The Kier molecular flexibility index (Phi) is 4.56. The van der Waals surface area contributed by atoms with E-state index in [0.717, 1.165) is 22.7 Å². The normalized spacial score (nSPS) is 11.0. The van der Waals surface area contributed by atoms with E-state index in [2.05, 4.69) is 17.5 Å². The number of Topliss-reactive ketones (excluding diaryl/α,β-unsaturated/α-hetero) is 1. The smallest absolute Gasteiger partial charge is 0.169 e. The van der Waals surface area contributed by atoms with E-state index in [4.69, 9.17) is 0 Å². The maximum atomic E-state index is 11.0. The highest BCUT2D eigenvalue weighted by molar-refractivity contribution is 7.14. The maximum absolute atomic E-state index is 11.0. The van der Waals surface area contributed by atoms with E-state index in [-0.39, 0.29) is 5.78 Å². The number of thiophene rings is 1. The van der Waals surface area contributed by atoms with Gasteiger partial charge in [0.15, 0.2) is 5.78 Å². The minimum absolute atomic E-state index is 0.143. The monoisotopic (exact) mass is 209 g/mol. The molecule has 1 aromatic heterocycles. The quantitative estimate of drug-likeness (QED) is 0.596. The van der Waals surface area contributed by atoms with Gasteiger partial charge < -0.3 is 5.32 Å². The van der Waals surface area contributed by atoms with E-state index in [9.17, 15) is 4.79 Å². The predicted octanol–water partition coefficient (Wildman–Crippen LogP) is 2.57. The second-order valence-corrected chi connectivity index (χ2v) is 4.17. The fourth-order valence-electron chi connectivity index (χ4n) is 1.06. The number of rotatable bonds is 5. The summed E-state index contributed by atoms with van der Waals surface area (Å²) >= 11 is 1.54. The summed E-state index contributed by atoms with van der Waals surface area (Å²) < 4.78 is 0. The Morgan fingerprint density at radius 2 is 2.36 bits per heavy atom. The van der Waals surface area contributed by atoms with Crippen molar-refractivity contribution in [1.82, 2.24) is 5.32 Å². The van der Waals surface area contributed by atoms with Crippen molar-refractivity contribution in [1.29, 1.82) is 0 Å². The van der Waals surface area contributed by atoms with Gasteiger partial charge in [0.2, 0.25) is 0 Å². The van der Waals surface area contributed by atoms with Crippen LogP contribution in [0.15, 0.2) is 18.2 Å². The van der Waals surface area contributed by atoms with Crippen molar-refractivity contribution in [3.8, 4) is 0 Å². The molecule has 2 nitrogen and oxygen atoms in total. The summed E-state index contributed by atoms with van der Waals surface area (Å²) in [5, 5.41) is 3.08. The zero-order valence-corrected chi connectivity index (χ0v) is 9.36. The van der Waals surface area contributed by atoms with Gasteiger partial charge in [-0.1, -0.05) is 6.08 Å². The molecule has 1 heterocycles. The highest BCUT2D eigenvalue weighted by atomic mass is 32.1. The van der Waals surface area contributed by atoms with Crippen LogP contribution in [-0.4, -0.2) is 19.4 Å². The van der Waals surface area contributed by atoms with Crippen LogP contribution in [0.3, 0.4) is 0 Å². The summed E-state index contributed by atoms with van der Waals surface area (Å²) in [7, 11) is 1.94. The molecule has 0 amide bonds. The van der Waals surface area contributed by atoms with Crippen LogP contribution >= 0.6 is 11.3 Å². The summed E-state index contributed by atoms with van der Waals surface area (Å²) in [6, 6.07) is 3.86. The van der Waals surface area contributed by atoms with E-state index < -0.39 is 0 Å². The third kappa shape index (κ3) is 3.44. The van der Waals surface area contributed by atoms with E-state index in [0.29, 0.717) is 0 Å². The molecular weight excluding hydrogens is 194 g/mol. The Morgan fingerprint density at radius 3 is 2.93 bits per heavy atom. The molecule has 0 aliphatic heterocycles. The van der Waals surface area contributed by atoms with E-state index in [1.807, 2.05) is 19.2 Å². The lowest BCUT2D eigenvalue weighted by molar-refractivity contribution is 0.102. The topological polar surface area (TPSA) is 29.1 Å². The fourth-order valence-corrected chi connectivity index (χ4v) is 1.89. The van der Waals surface area contributed by atoms with Crippen LogP contribution in [0, 0.1) is 0 Å². The standard InChI is InChI=1S/C11H15NOS/c1-9(13)11-7-6-10(14-11)5-3-4-8-12-2/h3,5-7,12H,4,8H2,1-2H3. The number of carbonyl (C=O) groups excluding carboxylic acids is 1.